The zero-order chi connectivity index (χ0) is 32.6. The maximum Gasteiger partial charge on any atom is 0.165 e. The van der Waals surface area contributed by atoms with Crippen LogP contribution >= 0.6 is 11.3 Å². The Morgan fingerprint density at radius 3 is 1.45 bits per heavy atom. The lowest BCUT2D eigenvalue weighted by Gasteiger charge is -2.10. The van der Waals surface area contributed by atoms with Crippen LogP contribution in [0.5, 0.6) is 0 Å². The van der Waals surface area contributed by atoms with Gasteiger partial charge >= 0.3 is 0 Å². The molecule has 9 rings (SSSR count). The zero-order valence-electron chi connectivity index (χ0n) is 26.5. The predicted molar refractivity (Wildman–Crippen MR) is 205 cm³/mol. The van der Waals surface area contributed by atoms with Crippen LogP contribution in [-0.2, 0) is 0 Å². The Labute approximate surface area is 288 Å². The first kappa shape index (κ1) is 29.0. The maximum absolute atomic E-state index is 5.18. The van der Waals surface area contributed by atoms with E-state index in [1.54, 1.807) is 0 Å². The summed E-state index contributed by atoms with van der Waals surface area (Å²) in [5.41, 5.74) is 10.00. The van der Waals surface area contributed by atoms with Gasteiger partial charge in [0.1, 0.15) is 0 Å². The SMILES string of the molecule is c1ccc(-c2cccc(-c3nc(-c4ccccc4)nc(-c4cccc5c4sc4c(-c6ccccc6)cc(-c6ccccc6)cc45)n3)c2)cc1. The van der Waals surface area contributed by atoms with Gasteiger partial charge < -0.3 is 0 Å². The molecule has 0 aliphatic rings. The normalized spacial score (nSPS) is 11.3. The average Bonchev–Trinajstić information content (AvgIpc) is 3.58. The highest BCUT2D eigenvalue weighted by Gasteiger charge is 2.19. The van der Waals surface area contributed by atoms with E-state index in [9.17, 15) is 0 Å². The van der Waals surface area contributed by atoms with Crippen molar-refractivity contribution >= 4 is 31.5 Å². The van der Waals surface area contributed by atoms with E-state index in [0.29, 0.717) is 17.5 Å². The summed E-state index contributed by atoms with van der Waals surface area (Å²) in [7, 11) is 0. The highest BCUT2D eigenvalue weighted by atomic mass is 32.1. The molecule has 0 saturated heterocycles. The molecule has 0 amide bonds. The minimum atomic E-state index is 0.649. The van der Waals surface area contributed by atoms with Crippen LogP contribution in [0.3, 0.4) is 0 Å². The van der Waals surface area contributed by atoms with Crippen molar-refractivity contribution in [2.24, 2.45) is 0 Å². The molecular formula is C45H29N3S. The summed E-state index contributed by atoms with van der Waals surface area (Å²) in [6.07, 6.45) is 0. The number of rotatable bonds is 6. The number of aromatic nitrogens is 3. The quantitative estimate of drug-likeness (QED) is 0.181. The second-order valence-corrected chi connectivity index (χ2v) is 13.1. The van der Waals surface area contributed by atoms with Crippen molar-refractivity contribution in [3.05, 3.63) is 176 Å². The summed E-state index contributed by atoms with van der Waals surface area (Å²) in [6.45, 7) is 0. The van der Waals surface area contributed by atoms with E-state index in [4.69, 9.17) is 15.0 Å². The van der Waals surface area contributed by atoms with Crippen molar-refractivity contribution in [2.45, 2.75) is 0 Å². The molecule has 0 spiro atoms. The third kappa shape index (κ3) is 5.48. The van der Waals surface area contributed by atoms with E-state index in [2.05, 4.69) is 152 Å². The number of nitrogens with zero attached hydrogens (tertiary/aromatic N) is 3. The second-order valence-electron chi connectivity index (χ2n) is 12.0. The average molecular weight is 644 g/mol. The molecule has 230 valence electrons. The number of benzene rings is 7. The molecule has 0 fully saturated rings. The summed E-state index contributed by atoms with van der Waals surface area (Å²) in [5, 5.41) is 2.43. The van der Waals surface area contributed by atoms with Gasteiger partial charge in [0.15, 0.2) is 17.5 Å². The summed E-state index contributed by atoms with van der Waals surface area (Å²) >= 11 is 1.81. The van der Waals surface area contributed by atoms with Gasteiger partial charge in [0.25, 0.3) is 0 Å². The van der Waals surface area contributed by atoms with Crippen LogP contribution in [0.1, 0.15) is 0 Å². The molecule has 0 aliphatic heterocycles. The van der Waals surface area contributed by atoms with Crippen molar-refractivity contribution in [1.29, 1.82) is 0 Å². The molecule has 4 heteroatoms. The van der Waals surface area contributed by atoms with Crippen molar-refractivity contribution in [3.63, 3.8) is 0 Å². The highest BCUT2D eigenvalue weighted by Crippen LogP contribution is 2.45. The number of fused-ring (bicyclic) bond motifs is 3. The van der Waals surface area contributed by atoms with Crippen LogP contribution in [-0.4, -0.2) is 15.0 Å². The summed E-state index contributed by atoms with van der Waals surface area (Å²) in [6, 6.07) is 61.5. The van der Waals surface area contributed by atoms with Crippen molar-refractivity contribution in [3.8, 4) is 67.5 Å². The van der Waals surface area contributed by atoms with Crippen LogP contribution in [0.15, 0.2) is 176 Å². The van der Waals surface area contributed by atoms with Gasteiger partial charge in [-0.2, -0.15) is 0 Å². The van der Waals surface area contributed by atoms with Gasteiger partial charge in [0.05, 0.1) is 0 Å². The van der Waals surface area contributed by atoms with Crippen molar-refractivity contribution in [2.75, 3.05) is 0 Å². The minimum Gasteiger partial charge on any atom is -0.208 e. The molecule has 3 nitrogen and oxygen atoms in total. The van der Waals surface area contributed by atoms with E-state index in [1.807, 2.05) is 35.6 Å². The topological polar surface area (TPSA) is 38.7 Å². The van der Waals surface area contributed by atoms with E-state index in [0.717, 1.165) is 32.5 Å². The predicted octanol–water partition coefficient (Wildman–Crippen LogP) is 12.2. The van der Waals surface area contributed by atoms with Crippen LogP contribution in [0.2, 0.25) is 0 Å². The Morgan fingerprint density at radius 1 is 0.286 bits per heavy atom. The number of thiophene rings is 1. The Morgan fingerprint density at radius 2 is 0.776 bits per heavy atom. The summed E-state index contributed by atoms with van der Waals surface area (Å²) in [5.74, 6) is 1.96. The molecular weight excluding hydrogens is 615 g/mol. The largest absolute Gasteiger partial charge is 0.208 e. The van der Waals surface area contributed by atoms with Crippen LogP contribution in [0.25, 0.3) is 87.7 Å². The van der Waals surface area contributed by atoms with Gasteiger partial charge in [0.2, 0.25) is 0 Å². The molecule has 0 radical (unpaired) electrons. The molecule has 0 bridgehead atoms. The molecule has 0 unspecified atom stereocenters. The molecule has 0 atom stereocenters. The summed E-state index contributed by atoms with van der Waals surface area (Å²) in [4.78, 5) is 15.4. The van der Waals surface area contributed by atoms with Crippen molar-refractivity contribution < 1.29 is 0 Å². The Bertz CT molecular complexity index is 2580. The lowest BCUT2D eigenvalue weighted by Crippen LogP contribution is -2.00. The van der Waals surface area contributed by atoms with Gasteiger partial charge in [-0.3, -0.25) is 0 Å². The zero-order valence-corrected chi connectivity index (χ0v) is 27.3. The van der Waals surface area contributed by atoms with Gasteiger partial charge in [-0.15, -0.1) is 11.3 Å². The monoisotopic (exact) mass is 643 g/mol. The standard InChI is InChI=1S/C45H29N3S/c1-5-15-30(16-6-1)34-23-13-24-35(27-34)44-46-43(33-21-11-4-12-22-33)47-45(48-44)38-26-14-25-37-40-29-36(31-17-7-2-8-18-31)28-39(42(40)49-41(37)38)32-19-9-3-10-20-32/h1-29H. The molecule has 49 heavy (non-hydrogen) atoms. The first-order valence-corrected chi connectivity index (χ1v) is 17.2. The molecule has 0 saturated carbocycles. The summed E-state index contributed by atoms with van der Waals surface area (Å²) < 4.78 is 2.41. The minimum absolute atomic E-state index is 0.649. The Kier molecular flexibility index (Phi) is 7.34. The highest BCUT2D eigenvalue weighted by molar-refractivity contribution is 7.26. The fraction of sp³-hybridized carbons (Fsp3) is 0. The van der Waals surface area contributed by atoms with E-state index < -0.39 is 0 Å². The van der Waals surface area contributed by atoms with E-state index in [1.165, 1.54) is 37.7 Å². The van der Waals surface area contributed by atoms with Gasteiger partial charge in [-0.05, 0) is 52.1 Å². The first-order valence-electron chi connectivity index (χ1n) is 16.4. The first-order chi connectivity index (χ1) is 24.3. The van der Waals surface area contributed by atoms with Gasteiger partial charge in [-0.1, -0.05) is 152 Å². The van der Waals surface area contributed by atoms with E-state index in [-0.39, 0.29) is 0 Å². The van der Waals surface area contributed by atoms with Gasteiger partial charge in [0, 0.05) is 42.4 Å². The maximum atomic E-state index is 5.18. The lowest BCUT2D eigenvalue weighted by molar-refractivity contribution is 1.08. The van der Waals surface area contributed by atoms with Crippen molar-refractivity contribution in [1.82, 2.24) is 15.0 Å². The van der Waals surface area contributed by atoms with Crippen LogP contribution < -0.4 is 0 Å². The molecule has 2 heterocycles. The smallest absolute Gasteiger partial charge is 0.165 e. The molecule has 2 aromatic heterocycles. The molecule has 7 aromatic carbocycles. The molecule has 9 aromatic rings. The molecule has 0 N–H and O–H groups in total. The Hall–Kier alpha value is -6.23. The van der Waals surface area contributed by atoms with Gasteiger partial charge in [-0.25, -0.2) is 15.0 Å². The third-order valence-electron chi connectivity index (χ3n) is 8.93. The fourth-order valence-electron chi connectivity index (χ4n) is 6.52. The van der Waals surface area contributed by atoms with E-state index >= 15 is 0 Å². The van der Waals surface area contributed by atoms with Crippen LogP contribution in [0.4, 0.5) is 0 Å². The second kappa shape index (κ2) is 12.4. The third-order valence-corrected chi connectivity index (χ3v) is 10.2. The van der Waals surface area contributed by atoms with Crippen LogP contribution in [0, 0.1) is 0 Å². The number of hydrogen-bond acceptors (Lipinski definition) is 4. The molecule has 0 aliphatic carbocycles. The Balaban J connectivity index is 1.28. The lowest BCUT2D eigenvalue weighted by atomic mass is 9.96. The fourth-order valence-corrected chi connectivity index (χ4v) is 7.84. The number of hydrogen-bond donors (Lipinski definition) is 0.